The van der Waals surface area contributed by atoms with E-state index in [2.05, 4.69) is 11.4 Å². The molecule has 0 aliphatic carbocycles. The number of rotatable bonds is 4. The lowest BCUT2D eigenvalue weighted by Crippen LogP contribution is -2.05. The van der Waals surface area contributed by atoms with Crippen LogP contribution in [0.5, 0.6) is 5.75 Å². The van der Waals surface area contributed by atoms with Gasteiger partial charge in [0.25, 0.3) is 0 Å². The van der Waals surface area contributed by atoms with Crippen LogP contribution in [-0.2, 0) is 11.2 Å². The van der Waals surface area contributed by atoms with E-state index in [0.29, 0.717) is 0 Å². The summed E-state index contributed by atoms with van der Waals surface area (Å²) in [6.45, 7) is 1.14. The van der Waals surface area contributed by atoms with Crippen LogP contribution in [0.25, 0.3) is 0 Å². The van der Waals surface area contributed by atoms with Crippen LogP contribution in [-0.4, -0.2) is 24.2 Å². The normalized spacial score (nSPS) is 13.1. The van der Waals surface area contributed by atoms with Crippen molar-refractivity contribution in [2.24, 2.45) is 0 Å². The van der Waals surface area contributed by atoms with Gasteiger partial charge in [-0.25, -0.2) is 0 Å². The molecule has 0 bridgehead atoms. The van der Waals surface area contributed by atoms with Gasteiger partial charge in [0.1, 0.15) is 5.75 Å². The van der Waals surface area contributed by atoms with Crippen molar-refractivity contribution in [3.63, 3.8) is 0 Å². The number of carbonyl (C=O) groups is 1. The van der Waals surface area contributed by atoms with E-state index >= 15 is 0 Å². The van der Waals surface area contributed by atoms with Crippen molar-refractivity contribution in [3.8, 4) is 5.75 Å². The molecule has 1 heterocycles. The van der Waals surface area contributed by atoms with Gasteiger partial charge < -0.3 is 15.2 Å². The van der Waals surface area contributed by atoms with Gasteiger partial charge in [-0.1, -0.05) is 12.1 Å². The Labute approximate surface area is 87.9 Å². The molecule has 0 radical (unpaired) electrons. The minimum absolute atomic E-state index is 0.0314. The summed E-state index contributed by atoms with van der Waals surface area (Å²) in [4.78, 5) is 10.3. The molecule has 0 amide bonds. The van der Waals surface area contributed by atoms with E-state index < -0.39 is 5.97 Å². The second-order valence-corrected chi connectivity index (χ2v) is 3.46. The molecule has 0 unspecified atom stereocenters. The fourth-order valence-corrected chi connectivity index (χ4v) is 1.68. The Kier molecular flexibility index (Phi) is 2.76. The summed E-state index contributed by atoms with van der Waals surface area (Å²) < 4.78 is 5.42. The number of hydrogen-bond acceptors (Lipinski definition) is 3. The predicted octanol–water partition coefficient (Wildman–Crippen LogP) is 1.51. The second-order valence-electron chi connectivity index (χ2n) is 3.46. The van der Waals surface area contributed by atoms with E-state index in [-0.39, 0.29) is 13.0 Å². The van der Waals surface area contributed by atoms with Crippen molar-refractivity contribution in [2.75, 3.05) is 18.5 Å². The zero-order chi connectivity index (χ0) is 10.7. The SMILES string of the molecule is O=C(O)CCOc1cccc2c1NCC2. The Balaban J connectivity index is 2.02. The van der Waals surface area contributed by atoms with Gasteiger partial charge in [-0.15, -0.1) is 0 Å². The second kappa shape index (κ2) is 4.21. The van der Waals surface area contributed by atoms with Gasteiger partial charge in [0.15, 0.2) is 0 Å². The van der Waals surface area contributed by atoms with Crippen molar-refractivity contribution in [1.29, 1.82) is 0 Å². The van der Waals surface area contributed by atoms with Gasteiger partial charge in [-0.3, -0.25) is 4.79 Å². The number of hydrogen-bond donors (Lipinski definition) is 2. The molecule has 0 aromatic heterocycles. The lowest BCUT2D eigenvalue weighted by Gasteiger charge is -2.09. The quantitative estimate of drug-likeness (QED) is 0.785. The summed E-state index contributed by atoms with van der Waals surface area (Å²) in [5.41, 5.74) is 2.26. The number of carboxylic acid groups (broad SMARTS) is 1. The van der Waals surface area contributed by atoms with Crippen molar-refractivity contribution in [3.05, 3.63) is 23.8 Å². The average molecular weight is 207 g/mol. The number of para-hydroxylation sites is 1. The van der Waals surface area contributed by atoms with Crippen LogP contribution < -0.4 is 10.1 Å². The standard InChI is InChI=1S/C11H13NO3/c13-10(14)5-7-15-9-3-1-2-8-4-6-12-11(8)9/h1-3,12H,4-7H2,(H,13,14). The van der Waals surface area contributed by atoms with E-state index in [0.717, 1.165) is 24.4 Å². The first-order chi connectivity index (χ1) is 7.27. The molecule has 0 saturated carbocycles. The number of ether oxygens (including phenoxy) is 1. The van der Waals surface area contributed by atoms with Crippen molar-refractivity contribution >= 4 is 11.7 Å². The molecular formula is C11H13NO3. The van der Waals surface area contributed by atoms with Crippen molar-refractivity contribution < 1.29 is 14.6 Å². The first kappa shape index (κ1) is 9.83. The molecule has 1 aromatic rings. The Morgan fingerprint density at radius 3 is 3.20 bits per heavy atom. The van der Waals surface area contributed by atoms with E-state index in [1.54, 1.807) is 0 Å². The van der Waals surface area contributed by atoms with Crippen molar-refractivity contribution in [2.45, 2.75) is 12.8 Å². The molecule has 2 N–H and O–H groups in total. The summed E-state index contributed by atoms with van der Waals surface area (Å²) in [6, 6.07) is 5.85. The number of carboxylic acids is 1. The lowest BCUT2D eigenvalue weighted by atomic mass is 10.1. The van der Waals surface area contributed by atoms with Crippen LogP contribution >= 0.6 is 0 Å². The third-order valence-electron chi connectivity index (χ3n) is 2.38. The van der Waals surface area contributed by atoms with Gasteiger partial charge in [0.2, 0.25) is 0 Å². The Hall–Kier alpha value is -1.71. The minimum atomic E-state index is -0.837. The smallest absolute Gasteiger partial charge is 0.306 e. The summed E-state index contributed by atoms with van der Waals surface area (Å²) >= 11 is 0. The largest absolute Gasteiger partial charge is 0.491 e. The fourth-order valence-electron chi connectivity index (χ4n) is 1.68. The van der Waals surface area contributed by atoms with E-state index in [4.69, 9.17) is 9.84 Å². The third-order valence-corrected chi connectivity index (χ3v) is 2.38. The average Bonchev–Trinajstić information content (AvgIpc) is 2.65. The molecule has 80 valence electrons. The maximum atomic E-state index is 10.3. The van der Waals surface area contributed by atoms with E-state index in [1.807, 2.05) is 12.1 Å². The van der Waals surface area contributed by atoms with Crippen LogP contribution in [0.4, 0.5) is 5.69 Å². The molecule has 1 aromatic carbocycles. The van der Waals surface area contributed by atoms with Crippen molar-refractivity contribution in [1.82, 2.24) is 0 Å². The van der Waals surface area contributed by atoms with Gasteiger partial charge in [-0.05, 0) is 18.1 Å². The van der Waals surface area contributed by atoms with Crippen LogP contribution in [0.2, 0.25) is 0 Å². The first-order valence-electron chi connectivity index (χ1n) is 4.98. The molecule has 0 saturated heterocycles. The molecule has 4 nitrogen and oxygen atoms in total. The maximum absolute atomic E-state index is 10.3. The van der Waals surface area contributed by atoms with Crippen LogP contribution in [0.15, 0.2) is 18.2 Å². The topological polar surface area (TPSA) is 58.6 Å². The third kappa shape index (κ3) is 2.21. The number of fused-ring (bicyclic) bond motifs is 1. The van der Waals surface area contributed by atoms with Crippen LogP contribution in [0.1, 0.15) is 12.0 Å². The van der Waals surface area contributed by atoms with Crippen LogP contribution in [0.3, 0.4) is 0 Å². The highest BCUT2D eigenvalue weighted by Crippen LogP contribution is 2.32. The molecule has 1 aliphatic rings. The first-order valence-corrected chi connectivity index (χ1v) is 4.98. The number of aliphatic carboxylic acids is 1. The molecule has 15 heavy (non-hydrogen) atoms. The predicted molar refractivity (Wildman–Crippen MR) is 56.4 cm³/mol. The van der Waals surface area contributed by atoms with E-state index in [9.17, 15) is 4.79 Å². The zero-order valence-corrected chi connectivity index (χ0v) is 8.32. The summed E-state index contributed by atoms with van der Waals surface area (Å²) in [6.07, 6.45) is 1.04. The highest BCUT2D eigenvalue weighted by Gasteiger charge is 2.14. The van der Waals surface area contributed by atoms with Gasteiger partial charge in [0.05, 0.1) is 18.7 Å². The Morgan fingerprint density at radius 1 is 1.53 bits per heavy atom. The van der Waals surface area contributed by atoms with Gasteiger partial charge in [0, 0.05) is 6.54 Å². The fraction of sp³-hybridized carbons (Fsp3) is 0.364. The van der Waals surface area contributed by atoms with E-state index in [1.165, 1.54) is 5.56 Å². The zero-order valence-electron chi connectivity index (χ0n) is 8.32. The molecule has 0 spiro atoms. The lowest BCUT2D eigenvalue weighted by molar-refractivity contribution is -0.137. The minimum Gasteiger partial charge on any atom is -0.491 e. The molecule has 1 aliphatic heterocycles. The summed E-state index contributed by atoms with van der Waals surface area (Å²) in [5, 5.41) is 11.7. The summed E-state index contributed by atoms with van der Waals surface area (Å²) in [5.74, 6) is -0.0817. The highest BCUT2D eigenvalue weighted by molar-refractivity contribution is 5.67. The monoisotopic (exact) mass is 207 g/mol. The van der Waals surface area contributed by atoms with Gasteiger partial charge in [-0.2, -0.15) is 0 Å². The molecule has 0 fully saturated rings. The van der Waals surface area contributed by atoms with Crippen LogP contribution in [0, 0.1) is 0 Å². The maximum Gasteiger partial charge on any atom is 0.306 e. The Bertz CT molecular complexity index is 376. The molecule has 2 rings (SSSR count). The number of benzene rings is 1. The number of nitrogens with one attached hydrogen (secondary N) is 1. The molecular weight excluding hydrogens is 194 g/mol. The summed E-state index contributed by atoms with van der Waals surface area (Å²) in [7, 11) is 0. The molecule has 0 atom stereocenters. The number of anilines is 1. The molecule has 4 heteroatoms. The highest BCUT2D eigenvalue weighted by atomic mass is 16.5. The van der Waals surface area contributed by atoms with Gasteiger partial charge >= 0.3 is 5.97 Å². The Morgan fingerprint density at radius 2 is 2.40 bits per heavy atom.